The number of aromatic nitrogens is 6. The van der Waals surface area contributed by atoms with Gasteiger partial charge in [0, 0.05) is 81.2 Å². The predicted octanol–water partition coefficient (Wildman–Crippen LogP) is 5.34. The van der Waals surface area contributed by atoms with E-state index in [4.69, 9.17) is 20.2 Å². The number of carbonyl (C=O) groups excluding carboxylic acids is 3. The van der Waals surface area contributed by atoms with E-state index in [9.17, 15) is 14.4 Å². The number of aryl methyl sites for hydroxylation is 1. The molecule has 0 radical (unpaired) electrons. The molecule has 2 aliphatic rings. The Bertz CT molecular complexity index is 2550. The van der Waals surface area contributed by atoms with Crippen molar-refractivity contribution < 1.29 is 23.9 Å². The summed E-state index contributed by atoms with van der Waals surface area (Å²) >= 11 is 1.55. The fraction of sp³-hybridized carbons (Fsp3) is 0.378. The number of nitrogens with two attached hydrogens (primary N) is 1. The first-order valence-electron chi connectivity index (χ1n) is 21.2. The maximum absolute atomic E-state index is 13.3. The van der Waals surface area contributed by atoms with Crippen LogP contribution in [-0.2, 0) is 25.7 Å². The van der Waals surface area contributed by atoms with Gasteiger partial charge in [0.05, 0.1) is 35.1 Å². The third-order valence-corrected chi connectivity index (χ3v) is 12.1. The molecule has 0 saturated carbocycles. The third kappa shape index (κ3) is 10.3. The minimum atomic E-state index is -0.468. The first kappa shape index (κ1) is 43.0. The average Bonchev–Trinajstić information content (AvgIpc) is 4.08. The number of thiazole rings is 1. The highest BCUT2D eigenvalue weighted by atomic mass is 32.1. The normalized spacial score (nSPS) is 15.3. The van der Waals surface area contributed by atoms with Crippen LogP contribution in [0, 0.1) is 12.8 Å². The van der Waals surface area contributed by atoms with Crippen molar-refractivity contribution >= 4 is 57.7 Å². The predicted molar refractivity (Wildman–Crippen MR) is 242 cm³/mol. The number of nitrogens with one attached hydrogen (secondary N) is 2. The number of piperazine rings is 1. The second-order valence-corrected chi connectivity index (χ2v) is 16.9. The van der Waals surface area contributed by atoms with Crippen molar-refractivity contribution in [2.75, 3.05) is 68.5 Å². The lowest BCUT2D eigenvalue weighted by molar-refractivity contribution is -0.139. The van der Waals surface area contributed by atoms with Gasteiger partial charge in [-0.15, -0.1) is 11.3 Å². The molecule has 17 nitrogen and oxygen atoms in total. The highest BCUT2D eigenvalue weighted by molar-refractivity contribution is 7.13. The molecule has 2 saturated heterocycles. The molecule has 328 valence electrons. The number of anilines is 4. The van der Waals surface area contributed by atoms with Crippen molar-refractivity contribution in [1.82, 2.24) is 44.4 Å². The van der Waals surface area contributed by atoms with E-state index in [1.807, 2.05) is 90.4 Å². The van der Waals surface area contributed by atoms with Crippen molar-refractivity contribution in [2.24, 2.45) is 5.92 Å². The Kier molecular flexibility index (Phi) is 13.4. The second kappa shape index (κ2) is 19.6. The molecule has 6 aromatic rings. The van der Waals surface area contributed by atoms with Gasteiger partial charge in [0.2, 0.25) is 17.7 Å². The lowest BCUT2D eigenvalue weighted by atomic mass is 10.1. The first-order chi connectivity index (χ1) is 30.6. The fourth-order valence-corrected chi connectivity index (χ4v) is 8.67. The van der Waals surface area contributed by atoms with E-state index in [1.165, 1.54) is 6.20 Å². The fourth-order valence-electron chi connectivity index (χ4n) is 7.87. The third-order valence-electron chi connectivity index (χ3n) is 11.1. The summed E-state index contributed by atoms with van der Waals surface area (Å²) in [5.74, 6) is 1.51. The molecular weight excluding hydrogens is 821 g/mol. The van der Waals surface area contributed by atoms with Crippen LogP contribution in [-0.4, -0.2) is 115 Å². The van der Waals surface area contributed by atoms with Gasteiger partial charge in [-0.2, -0.15) is 0 Å². The molecule has 1 atom stereocenters. The van der Waals surface area contributed by atoms with Gasteiger partial charge in [0.15, 0.2) is 11.5 Å². The van der Waals surface area contributed by atoms with E-state index in [0.29, 0.717) is 80.0 Å². The van der Waals surface area contributed by atoms with Gasteiger partial charge in [0.25, 0.3) is 0 Å². The number of carbonyl (C=O) groups is 3. The molecule has 3 amide bonds. The minimum Gasteiger partial charge on any atom is -0.491 e. The number of hydrogen-bond acceptors (Lipinski definition) is 14. The Morgan fingerprint density at radius 3 is 2.54 bits per heavy atom. The second-order valence-electron chi connectivity index (χ2n) is 16.1. The number of benzene rings is 2. The van der Waals surface area contributed by atoms with Gasteiger partial charge in [-0.3, -0.25) is 19.4 Å². The largest absolute Gasteiger partial charge is 0.491 e. The van der Waals surface area contributed by atoms with Crippen molar-refractivity contribution in [2.45, 2.75) is 52.6 Å². The van der Waals surface area contributed by atoms with Crippen LogP contribution in [0.3, 0.4) is 0 Å². The Morgan fingerprint density at radius 2 is 1.78 bits per heavy atom. The summed E-state index contributed by atoms with van der Waals surface area (Å²) in [6.45, 7) is 9.71. The molecule has 0 bridgehead atoms. The van der Waals surface area contributed by atoms with Gasteiger partial charge >= 0.3 is 0 Å². The maximum atomic E-state index is 13.3. The zero-order valence-electron chi connectivity index (χ0n) is 35.7. The molecule has 63 heavy (non-hydrogen) atoms. The summed E-state index contributed by atoms with van der Waals surface area (Å²) in [6, 6.07) is 13.5. The quantitative estimate of drug-likeness (QED) is 0.106. The summed E-state index contributed by atoms with van der Waals surface area (Å²) in [5, 5.41) is 6.45. The number of hydrogen-bond donors (Lipinski definition) is 3. The zero-order valence-corrected chi connectivity index (χ0v) is 36.5. The number of imidazole rings is 1. The highest BCUT2D eigenvalue weighted by Crippen LogP contribution is 2.33. The number of fused-ring (bicyclic) bond motifs is 1. The Morgan fingerprint density at radius 1 is 0.952 bits per heavy atom. The highest BCUT2D eigenvalue weighted by Gasteiger charge is 2.34. The van der Waals surface area contributed by atoms with Gasteiger partial charge < -0.3 is 44.9 Å². The standard InChI is InChI=1S/C45H52N12O5S/c1-29(2)21-40(58)57-13-4-5-37(57)45(60)49-23-32-7-6-31(42-30(3)50-28-63-42)22-38(32)62-20-19-61-27-41(59)55-17-15-54(16-18-55)34-10-8-33(9-11-34)51-43-44-48-12-14-56(44)26-36(53-43)35-24-47-25-39(46)52-35/h6-12,14,22,24-26,28-29,37H,4-5,13,15-21,23,27H2,1-3H3,(H2,46,52)(H,49,60)(H,51,53). The average molecular weight is 873 g/mol. The number of rotatable bonds is 16. The van der Waals surface area contributed by atoms with E-state index >= 15 is 0 Å². The lowest BCUT2D eigenvalue weighted by Crippen LogP contribution is -2.49. The summed E-state index contributed by atoms with van der Waals surface area (Å²) < 4.78 is 13.9. The summed E-state index contributed by atoms with van der Waals surface area (Å²) in [4.78, 5) is 68.3. The molecule has 18 heteroatoms. The van der Waals surface area contributed by atoms with Gasteiger partial charge in [-0.1, -0.05) is 26.0 Å². The minimum absolute atomic E-state index is 0.0225. The van der Waals surface area contributed by atoms with Crippen molar-refractivity contribution in [1.29, 1.82) is 0 Å². The van der Waals surface area contributed by atoms with E-state index < -0.39 is 6.04 Å². The van der Waals surface area contributed by atoms with Crippen molar-refractivity contribution in [3.8, 4) is 27.6 Å². The van der Waals surface area contributed by atoms with E-state index in [2.05, 4.69) is 35.5 Å². The molecule has 4 aromatic heterocycles. The molecule has 4 N–H and O–H groups in total. The molecule has 2 fully saturated rings. The van der Waals surface area contributed by atoms with Crippen LogP contribution in [0.4, 0.5) is 23.0 Å². The van der Waals surface area contributed by atoms with Crippen LogP contribution in [0.25, 0.3) is 27.5 Å². The van der Waals surface area contributed by atoms with Gasteiger partial charge in [-0.05, 0) is 61.6 Å². The van der Waals surface area contributed by atoms with E-state index in [-0.39, 0.29) is 50.0 Å². The molecule has 2 aromatic carbocycles. The number of likely N-dealkylation sites (tertiary alicyclic amines) is 1. The van der Waals surface area contributed by atoms with Crippen molar-refractivity contribution in [3.63, 3.8) is 0 Å². The van der Waals surface area contributed by atoms with Crippen molar-refractivity contribution in [3.05, 3.63) is 90.2 Å². The molecular formula is C45H52N12O5S. The van der Waals surface area contributed by atoms with Crippen LogP contribution in [0.1, 0.15) is 44.4 Å². The Balaban J connectivity index is 0.808. The topological polar surface area (TPSA) is 198 Å². The van der Waals surface area contributed by atoms with Gasteiger partial charge in [-0.25, -0.2) is 19.9 Å². The van der Waals surface area contributed by atoms with E-state index in [0.717, 1.165) is 39.5 Å². The lowest BCUT2D eigenvalue weighted by Gasteiger charge is -2.36. The van der Waals surface area contributed by atoms with Crippen LogP contribution in [0.15, 0.2) is 79.0 Å². The molecule has 6 heterocycles. The monoisotopic (exact) mass is 872 g/mol. The molecule has 0 spiro atoms. The first-order valence-corrected chi connectivity index (χ1v) is 22.1. The number of nitrogens with zero attached hydrogens (tertiary/aromatic N) is 9. The van der Waals surface area contributed by atoms with Crippen LogP contribution >= 0.6 is 11.3 Å². The molecule has 1 unspecified atom stereocenters. The van der Waals surface area contributed by atoms with Gasteiger partial charge in [0.1, 0.15) is 42.2 Å². The Hall–Kier alpha value is -6.66. The van der Waals surface area contributed by atoms with Crippen LogP contribution in [0.2, 0.25) is 0 Å². The van der Waals surface area contributed by atoms with Crippen LogP contribution in [0.5, 0.6) is 5.75 Å². The summed E-state index contributed by atoms with van der Waals surface area (Å²) in [6.07, 6.45) is 10.4. The van der Waals surface area contributed by atoms with E-state index in [1.54, 1.807) is 28.6 Å². The number of nitrogen functional groups attached to an aromatic ring is 1. The summed E-state index contributed by atoms with van der Waals surface area (Å²) in [7, 11) is 0. The molecule has 8 rings (SSSR count). The smallest absolute Gasteiger partial charge is 0.248 e. The number of ether oxygens (including phenoxy) is 2. The maximum Gasteiger partial charge on any atom is 0.248 e. The molecule has 0 aliphatic carbocycles. The molecule has 2 aliphatic heterocycles. The summed E-state index contributed by atoms with van der Waals surface area (Å²) in [5.41, 5.74) is 14.1. The Labute approximate surface area is 369 Å². The van der Waals surface area contributed by atoms with Crippen LogP contribution < -0.4 is 26.0 Å². The number of amides is 3. The zero-order chi connectivity index (χ0) is 43.9. The SMILES string of the molecule is Cc1ncsc1-c1ccc(CNC(=O)C2CCCN2C(=O)CC(C)C)c(OCCOCC(=O)N2CCN(c3ccc(Nc4nc(-c5cncc(N)n5)cn5ccnc45)cc3)CC2)c1.